The summed E-state index contributed by atoms with van der Waals surface area (Å²) < 4.78 is 10.2. The molecule has 7 heteroatoms. The fourth-order valence-electron chi connectivity index (χ4n) is 1.87. The third kappa shape index (κ3) is 6.68. The number of carbonyl (C=O) groups is 3. The number of benzene rings is 1. The van der Waals surface area contributed by atoms with Gasteiger partial charge in [-0.2, -0.15) is 0 Å². The molecule has 1 aromatic rings. The summed E-state index contributed by atoms with van der Waals surface area (Å²) in [5.41, 5.74) is 1.81. The van der Waals surface area contributed by atoms with Crippen LogP contribution in [0.1, 0.15) is 31.4 Å². The molecule has 0 aliphatic carbocycles. The fraction of sp³-hybridized carbons (Fsp3) is 0.471. The molecule has 0 aliphatic heterocycles. The van der Waals surface area contributed by atoms with Gasteiger partial charge in [0.05, 0.1) is 0 Å². The monoisotopic (exact) mass is 336 g/mol. The Morgan fingerprint density at radius 3 is 2.33 bits per heavy atom. The van der Waals surface area contributed by atoms with Gasteiger partial charge < -0.3 is 14.8 Å². The molecule has 0 radical (unpaired) electrons. The first-order chi connectivity index (χ1) is 11.3. The van der Waals surface area contributed by atoms with E-state index in [1.165, 1.54) is 0 Å². The molecule has 7 nitrogen and oxygen atoms in total. The van der Waals surface area contributed by atoms with Crippen LogP contribution in [-0.2, 0) is 14.3 Å². The smallest absolute Gasteiger partial charge is 0.344 e. The van der Waals surface area contributed by atoms with Crippen LogP contribution in [0.4, 0.5) is 4.79 Å². The number of urea groups is 1. The van der Waals surface area contributed by atoms with Gasteiger partial charge in [-0.15, -0.1) is 0 Å². The molecular weight excluding hydrogens is 312 g/mol. The highest BCUT2D eigenvalue weighted by Gasteiger charge is 2.13. The minimum atomic E-state index is -0.698. The van der Waals surface area contributed by atoms with Crippen LogP contribution in [0.15, 0.2) is 18.2 Å². The maximum absolute atomic E-state index is 11.6. The van der Waals surface area contributed by atoms with Gasteiger partial charge in [-0.1, -0.05) is 25.1 Å². The summed E-state index contributed by atoms with van der Waals surface area (Å²) in [7, 11) is 0. The quantitative estimate of drug-likeness (QED) is 0.741. The number of hydrogen-bond acceptors (Lipinski definition) is 5. The highest BCUT2D eigenvalue weighted by atomic mass is 16.6. The summed E-state index contributed by atoms with van der Waals surface area (Å²) in [6.45, 7) is 6.62. The molecule has 0 fully saturated rings. The van der Waals surface area contributed by atoms with Crippen molar-refractivity contribution in [1.82, 2.24) is 10.6 Å². The van der Waals surface area contributed by atoms with E-state index in [0.29, 0.717) is 5.75 Å². The molecule has 1 aromatic carbocycles. The second kappa shape index (κ2) is 9.54. The molecule has 24 heavy (non-hydrogen) atoms. The number of carbonyl (C=O) groups excluding carboxylic acids is 3. The van der Waals surface area contributed by atoms with E-state index < -0.39 is 24.5 Å². The molecule has 0 bridgehead atoms. The number of aryl methyl sites for hydroxylation is 2. The summed E-state index contributed by atoms with van der Waals surface area (Å²) in [4.78, 5) is 34.6. The number of para-hydroxylation sites is 1. The standard InChI is InChI=1S/C17H24N2O5/c1-5-13(4)18-17(22)19-14(20)9-23-15(21)10-24-16-11(2)7-6-8-12(16)3/h6-8,13H,5,9-10H2,1-4H3,(H2,18,19,20,22)/t13-/m1/s1. The molecule has 3 amide bonds. The number of esters is 1. The zero-order chi connectivity index (χ0) is 18.1. The Labute approximate surface area is 141 Å². The van der Waals surface area contributed by atoms with Crippen molar-refractivity contribution in [3.8, 4) is 5.75 Å². The zero-order valence-corrected chi connectivity index (χ0v) is 14.5. The van der Waals surface area contributed by atoms with Crippen LogP contribution < -0.4 is 15.4 Å². The van der Waals surface area contributed by atoms with E-state index in [2.05, 4.69) is 10.6 Å². The molecular formula is C17H24N2O5. The molecule has 0 heterocycles. The van der Waals surface area contributed by atoms with Crippen molar-refractivity contribution < 1.29 is 23.9 Å². The second-order valence-electron chi connectivity index (χ2n) is 5.50. The van der Waals surface area contributed by atoms with Crippen molar-refractivity contribution in [2.75, 3.05) is 13.2 Å². The van der Waals surface area contributed by atoms with Gasteiger partial charge in [0.2, 0.25) is 0 Å². The Kier molecular flexibility index (Phi) is 7.74. The van der Waals surface area contributed by atoms with Gasteiger partial charge in [0, 0.05) is 6.04 Å². The minimum Gasteiger partial charge on any atom is -0.481 e. The Bertz CT molecular complexity index is 580. The summed E-state index contributed by atoms with van der Waals surface area (Å²) >= 11 is 0. The first kappa shape index (κ1) is 19.5. The Morgan fingerprint density at radius 2 is 1.75 bits per heavy atom. The lowest BCUT2D eigenvalue weighted by molar-refractivity contribution is -0.150. The van der Waals surface area contributed by atoms with E-state index in [4.69, 9.17) is 9.47 Å². The first-order valence-corrected chi connectivity index (χ1v) is 7.78. The number of imide groups is 1. The molecule has 0 aliphatic rings. The van der Waals surface area contributed by atoms with Gasteiger partial charge >= 0.3 is 12.0 Å². The zero-order valence-electron chi connectivity index (χ0n) is 14.5. The summed E-state index contributed by atoms with van der Waals surface area (Å²) in [5.74, 6) is -0.766. The molecule has 1 rings (SSSR count). The van der Waals surface area contributed by atoms with Crippen LogP contribution in [0.2, 0.25) is 0 Å². The maximum Gasteiger partial charge on any atom is 0.344 e. The predicted octanol–water partition coefficient (Wildman–Crippen LogP) is 1.85. The predicted molar refractivity (Wildman–Crippen MR) is 88.8 cm³/mol. The van der Waals surface area contributed by atoms with Gasteiger partial charge in [0.15, 0.2) is 13.2 Å². The van der Waals surface area contributed by atoms with E-state index >= 15 is 0 Å². The van der Waals surface area contributed by atoms with Gasteiger partial charge in [0.1, 0.15) is 5.75 Å². The Hall–Kier alpha value is -2.57. The van der Waals surface area contributed by atoms with Crippen LogP contribution in [0.25, 0.3) is 0 Å². The summed E-state index contributed by atoms with van der Waals surface area (Å²) in [6, 6.07) is 4.97. The van der Waals surface area contributed by atoms with Gasteiger partial charge in [-0.3, -0.25) is 10.1 Å². The molecule has 132 valence electrons. The number of hydrogen-bond donors (Lipinski definition) is 2. The Morgan fingerprint density at radius 1 is 1.12 bits per heavy atom. The Balaban J connectivity index is 2.33. The van der Waals surface area contributed by atoms with Gasteiger partial charge in [-0.05, 0) is 38.3 Å². The van der Waals surface area contributed by atoms with E-state index in [0.717, 1.165) is 17.5 Å². The van der Waals surface area contributed by atoms with Crippen LogP contribution in [-0.4, -0.2) is 37.2 Å². The van der Waals surface area contributed by atoms with E-state index in [1.54, 1.807) is 0 Å². The largest absolute Gasteiger partial charge is 0.481 e. The summed E-state index contributed by atoms with van der Waals surface area (Å²) in [5, 5.41) is 4.66. The van der Waals surface area contributed by atoms with Gasteiger partial charge in [0.25, 0.3) is 5.91 Å². The average molecular weight is 336 g/mol. The number of rotatable bonds is 7. The molecule has 0 spiro atoms. The SMILES string of the molecule is CC[C@@H](C)NC(=O)NC(=O)COC(=O)COc1c(C)cccc1C. The van der Waals surface area contributed by atoms with Crippen molar-refractivity contribution in [1.29, 1.82) is 0 Å². The third-order valence-corrected chi connectivity index (χ3v) is 3.35. The maximum atomic E-state index is 11.6. The molecule has 2 N–H and O–H groups in total. The van der Waals surface area contributed by atoms with Crippen molar-refractivity contribution in [2.24, 2.45) is 0 Å². The van der Waals surface area contributed by atoms with Crippen LogP contribution in [0.3, 0.4) is 0 Å². The lowest BCUT2D eigenvalue weighted by Gasteiger charge is -2.12. The van der Waals surface area contributed by atoms with Crippen LogP contribution in [0.5, 0.6) is 5.75 Å². The van der Waals surface area contributed by atoms with Crippen LogP contribution in [0, 0.1) is 13.8 Å². The van der Waals surface area contributed by atoms with Crippen molar-refractivity contribution in [2.45, 2.75) is 40.2 Å². The molecule has 0 saturated heterocycles. The van der Waals surface area contributed by atoms with Gasteiger partial charge in [-0.25, -0.2) is 9.59 Å². The van der Waals surface area contributed by atoms with Crippen molar-refractivity contribution in [3.63, 3.8) is 0 Å². The molecule has 0 aromatic heterocycles. The third-order valence-electron chi connectivity index (χ3n) is 3.35. The number of ether oxygens (including phenoxy) is 2. The highest BCUT2D eigenvalue weighted by molar-refractivity contribution is 5.95. The lowest BCUT2D eigenvalue weighted by Crippen LogP contribution is -2.44. The highest BCUT2D eigenvalue weighted by Crippen LogP contribution is 2.22. The van der Waals surface area contributed by atoms with E-state index in [9.17, 15) is 14.4 Å². The molecule has 1 atom stereocenters. The van der Waals surface area contributed by atoms with Crippen molar-refractivity contribution >= 4 is 17.9 Å². The van der Waals surface area contributed by atoms with Crippen molar-refractivity contribution in [3.05, 3.63) is 29.3 Å². The minimum absolute atomic E-state index is 0.0499. The number of amides is 3. The second-order valence-corrected chi connectivity index (χ2v) is 5.50. The lowest BCUT2D eigenvalue weighted by atomic mass is 10.1. The molecule has 0 saturated carbocycles. The first-order valence-electron chi connectivity index (χ1n) is 7.78. The fourth-order valence-corrected chi connectivity index (χ4v) is 1.87. The topological polar surface area (TPSA) is 93.7 Å². The van der Waals surface area contributed by atoms with E-state index in [-0.39, 0.29) is 12.6 Å². The number of nitrogens with one attached hydrogen (secondary N) is 2. The normalized spacial score (nSPS) is 11.3. The average Bonchev–Trinajstić information content (AvgIpc) is 2.52. The molecule has 0 unspecified atom stereocenters. The van der Waals surface area contributed by atoms with Crippen LogP contribution >= 0.6 is 0 Å². The summed E-state index contributed by atoms with van der Waals surface area (Å²) in [6.07, 6.45) is 0.742. The van der Waals surface area contributed by atoms with E-state index in [1.807, 2.05) is 45.9 Å².